The van der Waals surface area contributed by atoms with Gasteiger partial charge in [0.15, 0.2) is 0 Å². The Hall–Kier alpha value is -3.50. The second-order valence-electron chi connectivity index (χ2n) is 9.29. The lowest BCUT2D eigenvalue weighted by Gasteiger charge is -2.23. The Morgan fingerprint density at radius 2 is 2.00 bits per heavy atom. The highest BCUT2D eigenvalue weighted by molar-refractivity contribution is 8.00. The van der Waals surface area contributed by atoms with E-state index < -0.39 is 0 Å². The van der Waals surface area contributed by atoms with Crippen LogP contribution in [0.1, 0.15) is 29.2 Å². The highest BCUT2D eigenvalue weighted by Gasteiger charge is 2.38. The van der Waals surface area contributed by atoms with Crippen LogP contribution in [0.4, 0.5) is 5.82 Å². The number of hydrogen-bond donors (Lipinski definition) is 1. The molecule has 5 rings (SSSR count). The van der Waals surface area contributed by atoms with E-state index in [0.717, 1.165) is 41.8 Å². The number of carbonyl (C=O) groups excluding carboxylic acids is 2. The van der Waals surface area contributed by atoms with Crippen molar-refractivity contribution in [1.82, 2.24) is 15.1 Å². The molecule has 10 heteroatoms. The number of anilines is 1. The average Bonchev–Trinajstić information content (AvgIpc) is 3.55. The Morgan fingerprint density at radius 1 is 1.18 bits per heavy atom. The van der Waals surface area contributed by atoms with Gasteiger partial charge in [-0.3, -0.25) is 19.2 Å². The number of fused-ring (bicyclic) bond motifs is 1. The summed E-state index contributed by atoms with van der Waals surface area (Å²) >= 11 is 1.49. The standard InChI is InChI=1S/C28H32N4O5S/c1-31-28-25(26(30-31)18-8-5-4-6-9-18)27(21-14-19(35-2)11-12-22(21)36-3)38-17-24(34)32(28)16-23(33)29-15-20-10-7-13-37-20/h4-6,8-9,11-12,14,20,27H,7,10,13,15-17H2,1-3H3,(H,29,33)/t20-,27+/m1/s1. The molecule has 0 aliphatic carbocycles. The first-order valence-corrected chi connectivity index (χ1v) is 13.7. The third kappa shape index (κ3) is 5.23. The first-order valence-electron chi connectivity index (χ1n) is 12.6. The van der Waals surface area contributed by atoms with Crippen molar-refractivity contribution in [2.45, 2.75) is 24.2 Å². The third-order valence-electron chi connectivity index (χ3n) is 6.86. The summed E-state index contributed by atoms with van der Waals surface area (Å²) in [7, 11) is 5.06. The van der Waals surface area contributed by atoms with Crippen molar-refractivity contribution < 1.29 is 23.8 Å². The molecule has 1 saturated heterocycles. The van der Waals surface area contributed by atoms with Crippen LogP contribution in [-0.4, -0.2) is 67.4 Å². The zero-order valence-electron chi connectivity index (χ0n) is 21.8. The molecule has 1 fully saturated rings. The molecule has 0 unspecified atom stereocenters. The number of aromatic nitrogens is 2. The minimum atomic E-state index is -0.289. The summed E-state index contributed by atoms with van der Waals surface area (Å²) in [5.74, 6) is 1.77. The van der Waals surface area contributed by atoms with Crippen LogP contribution >= 0.6 is 11.8 Å². The molecule has 0 bridgehead atoms. The first kappa shape index (κ1) is 26.1. The van der Waals surface area contributed by atoms with E-state index >= 15 is 0 Å². The number of aryl methyl sites for hydroxylation is 1. The number of rotatable bonds is 8. The number of amides is 2. The number of ether oxygens (including phenoxy) is 3. The normalized spacial score (nSPS) is 19.1. The number of benzene rings is 2. The third-order valence-corrected chi connectivity index (χ3v) is 8.10. The Balaban J connectivity index is 1.59. The predicted molar refractivity (Wildman–Crippen MR) is 147 cm³/mol. The summed E-state index contributed by atoms with van der Waals surface area (Å²) in [6.07, 6.45) is 1.95. The van der Waals surface area contributed by atoms with Gasteiger partial charge in [-0.05, 0) is 31.0 Å². The van der Waals surface area contributed by atoms with Crippen LogP contribution in [0.25, 0.3) is 11.3 Å². The van der Waals surface area contributed by atoms with Crippen molar-refractivity contribution in [2.75, 3.05) is 44.6 Å². The summed E-state index contributed by atoms with van der Waals surface area (Å²) in [4.78, 5) is 28.1. The molecular weight excluding hydrogens is 504 g/mol. The van der Waals surface area contributed by atoms with Gasteiger partial charge in [0, 0.05) is 36.9 Å². The fourth-order valence-electron chi connectivity index (χ4n) is 5.02. The van der Waals surface area contributed by atoms with Crippen molar-refractivity contribution >= 4 is 29.4 Å². The van der Waals surface area contributed by atoms with Crippen LogP contribution < -0.4 is 19.7 Å². The zero-order chi connectivity index (χ0) is 26.6. The molecule has 2 aliphatic heterocycles. The van der Waals surface area contributed by atoms with Crippen molar-refractivity contribution in [3.63, 3.8) is 0 Å². The van der Waals surface area contributed by atoms with Crippen molar-refractivity contribution in [3.05, 3.63) is 59.7 Å². The quantitative estimate of drug-likeness (QED) is 0.470. The number of nitrogens with one attached hydrogen (secondary N) is 1. The van der Waals surface area contributed by atoms with Gasteiger partial charge in [-0.1, -0.05) is 30.3 Å². The lowest BCUT2D eigenvalue weighted by molar-refractivity contribution is -0.123. The maximum Gasteiger partial charge on any atom is 0.240 e. The summed E-state index contributed by atoms with van der Waals surface area (Å²) < 4.78 is 18.6. The first-order chi connectivity index (χ1) is 18.5. The molecule has 0 radical (unpaired) electrons. The number of methoxy groups -OCH3 is 2. The van der Waals surface area contributed by atoms with Gasteiger partial charge in [-0.2, -0.15) is 5.10 Å². The average molecular weight is 537 g/mol. The number of thioether (sulfide) groups is 1. The van der Waals surface area contributed by atoms with E-state index in [-0.39, 0.29) is 35.5 Å². The molecule has 2 atom stereocenters. The van der Waals surface area contributed by atoms with Crippen LogP contribution in [0.2, 0.25) is 0 Å². The minimum Gasteiger partial charge on any atom is -0.497 e. The van der Waals surface area contributed by atoms with E-state index in [1.807, 2.05) is 55.6 Å². The van der Waals surface area contributed by atoms with Crippen LogP contribution in [0.3, 0.4) is 0 Å². The summed E-state index contributed by atoms with van der Waals surface area (Å²) in [5.41, 5.74) is 3.41. The molecule has 38 heavy (non-hydrogen) atoms. The summed E-state index contributed by atoms with van der Waals surface area (Å²) in [6, 6.07) is 15.5. The molecule has 0 spiro atoms. The molecule has 9 nitrogen and oxygen atoms in total. The maximum absolute atomic E-state index is 13.5. The Bertz CT molecular complexity index is 1310. The smallest absolute Gasteiger partial charge is 0.240 e. The van der Waals surface area contributed by atoms with Crippen molar-refractivity contribution in [1.29, 1.82) is 0 Å². The van der Waals surface area contributed by atoms with Gasteiger partial charge in [-0.25, -0.2) is 0 Å². The molecule has 1 N–H and O–H groups in total. The molecule has 3 heterocycles. The SMILES string of the molecule is COc1ccc(OC)c([C@@H]2SCC(=O)N(CC(=O)NC[C@H]3CCCO3)c3c2c(-c2ccccc2)nn3C)c1. The molecule has 200 valence electrons. The van der Waals surface area contributed by atoms with E-state index in [2.05, 4.69) is 5.32 Å². The Morgan fingerprint density at radius 3 is 2.71 bits per heavy atom. The number of nitrogens with zero attached hydrogens (tertiary/aromatic N) is 3. The Labute approximate surface area is 226 Å². The lowest BCUT2D eigenvalue weighted by Crippen LogP contribution is -2.44. The van der Waals surface area contributed by atoms with Crippen LogP contribution in [-0.2, 0) is 21.4 Å². The minimum absolute atomic E-state index is 0.0243. The van der Waals surface area contributed by atoms with Gasteiger partial charge in [0.2, 0.25) is 11.8 Å². The molecule has 2 aromatic carbocycles. The molecule has 2 aliphatic rings. The van der Waals surface area contributed by atoms with Gasteiger partial charge in [0.25, 0.3) is 0 Å². The molecule has 3 aromatic rings. The van der Waals surface area contributed by atoms with Crippen molar-refractivity contribution in [3.8, 4) is 22.8 Å². The van der Waals surface area contributed by atoms with Crippen LogP contribution in [0.5, 0.6) is 11.5 Å². The van der Waals surface area contributed by atoms with Gasteiger partial charge in [0.05, 0.1) is 37.0 Å². The zero-order valence-corrected chi connectivity index (χ0v) is 22.6. The summed E-state index contributed by atoms with van der Waals surface area (Å²) in [5, 5.41) is 7.52. The molecule has 2 amide bonds. The molecule has 1 aromatic heterocycles. The highest BCUT2D eigenvalue weighted by atomic mass is 32.2. The van der Waals surface area contributed by atoms with Crippen molar-refractivity contribution in [2.24, 2.45) is 7.05 Å². The van der Waals surface area contributed by atoms with E-state index in [4.69, 9.17) is 19.3 Å². The summed E-state index contributed by atoms with van der Waals surface area (Å²) in [6.45, 7) is 1.06. The predicted octanol–water partition coefficient (Wildman–Crippen LogP) is 3.57. The topological polar surface area (TPSA) is 94.9 Å². The van der Waals surface area contributed by atoms with E-state index in [9.17, 15) is 9.59 Å². The van der Waals surface area contributed by atoms with E-state index in [1.165, 1.54) is 11.8 Å². The number of hydrogen-bond acceptors (Lipinski definition) is 7. The van der Waals surface area contributed by atoms with Crippen LogP contribution in [0.15, 0.2) is 48.5 Å². The second kappa shape index (κ2) is 11.5. The largest absolute Gasteiger partial charge is 0.497 e. The van der Waals surface area contributed by atoms with Gasteiger partial charge < -0.3 is 19.5 Å². The maximum atomic E-state index is 13.5. The number of carbonyl (C=O) groups is 2. The van der Waals surface area contributed by atoms with E-state index in [1.54, 1.807) is 23.8 Å². The van der Waals surface area contributed by atoms with Gasteiger partial charge in [-0.15, -0.1) is 11.8 Å². The van der Waals surface area contributed by atoms with Gasteiger partial charge in [0.1, 0.15) is 23.9 Å². The molecular formula is C28H32N4O5S. The highest BCUT2D eigenvalue weighted by Crippen LogP contribution is 2.50. The Kier molecular flexibility index (Phi) is 7.90. The van der Waals surface area contributed by atoms with Gasteiger partial charge >= 0.3 is 0 Å². The van der Waals surface area contributed by atoms with E-state index in [0.29, 0.717) is 23.9 Å². The lowest BCUT2D eigenvalue weighted by atomic mass is 9.98. The fourth-order valence-corrected chi connectivity index (χ4v) is 6.23. The monoisotopic (exact) mass is 536 g/mol. The van der Waals surface area contributed by atoms with Crippen LogP contribution in [0, 0.1) is 0 Å². The fraction of sp³-hybridized carbons (Fsp3) is 0.393. The molecule has 0 saturated carbocycles. The second-order valence-corrected chi connectivity index (χ2v) is 10.4.